The summed E-state index contributed by atoms with van der Waals surface area (Å²) in [4.78, 5) is 23.9. The molecule has 0 heterocycles. The number of aliphatic carboxylic acids is 1. The van der Waals surface area contributed by atoms with E-state index in [1.807, 2.05) is 36.4 Å². The van der Waals surface area contributed by atoms with Crippen molar-refractivity contribution >= 4 is 23.6 Å². The van der Waals surface area contributed by atoms with Crippen LogP contribution in [0.5, 0.6) is 0 Å². The van der Waals surface area contributed by atoms with Gasteiger partial charge in [0.25, 0.3) is 5.91 Å². The molecule has 0 aliphatic rings. The summed E-state index contributed by atoms with van der Waals surface area (Å²) < 4.78 is 0. The van der Waals surface area contributed by atoms with Gasteiger partial charge in [0.15, 0.2) is 0 Å². The van der Waals surface area contributed by atoms with Crippen LogP contribution in [-0.4, -0.2) is 17.0 Å². The molecule has 3 aromatic carbocycles. The highest BCUT2D eigenvalue weighted by molar-refractivity contribution is 6.03. The second-order valence-electron chi connectivity index (χ2n) is 5.86. The second-order valence-corrected chi connectivity index (χ2v) is 5.86. The Labute approximate surface area is 156 Å². The Morgan fingerprint density at radius 3 is 2.11 bits per heavy atom. The number of nitrogens with one attached hydrogen (secondary N) is 1. The van der Waals surface area contributed by atoms with Gasteiger partial charge in [0, 0.05) is 22.4 Å². The fourth-order valence-electron chi connectivity index (χ4n) is 2.67. The first-order chi connectivity index (χ1) is 13.1. The van der Waals surface area contributed by atoms with E-state index >= 15 is 0 Å². The van der Waals surface area contributed by atoms with Gasteiger partial charge in [0.2, 0.25) is 0 Å². The van der Waals surface area contributed by atoms with Crippen LogP contribution in [0.4, 0.5) is 5.69 Å². The predicted octanol–water partition coefficient (Wildman–Crippen LogP) is 3.79. The van der Waals surface area contributed by atoms with Crippen LogP contribution < -0.4 is 11.1 Å². The lowest BCUT2D eigenvalue weighted by Crippen LogP contribution is -2.27. The van der Waals surface area contributed by atoms with Crippen LogP contribution in [0.1, 0.15) is 15.9 Å². The number of hydrogen-bond donors (Lipinski definition) is 3. The molecule has 0 saturated carbocycles. The lowest BCUT2D eigenvalue weighted by atomic mass is 10.00. The molecule has 0 aliphatic carbocycles. The Hall–Kier alpha value is -3.86. The number of para-hydroxylation sites is 1. The number of hydrogen-bond acceptors (Lipinski definition) is 3. The van der Waals surface area contributed by atoms with Gasteiger partial charge in [-0.05, 0) is 23.8 Å². The topological polar surface area (TPSA) is 92.4 Å². The second kappa shape index (κ2) is 8.01. The summed E-state index contributed by atoms with van der Waals surface area (Å²) in [5.74, 6) is -1.74. The predicted molar refractivity (Wildman–Crippen MR) is 106 cm³/mol. The normalized spacial score (nSPS) is 11.0. The van der Waals surface area contributed by atoms with Crippen LogP contribution in [0.25, 0.3) is 17.2 Å². The Bertz CT molecular complexity index is 997. The lowest BCUT2D eigenvalue weighted by Gasteiger charge is -2.11. The van der Waals surface area contributed by atoms with E-state index in [9.17, 15) is 14.7 Å². The molecule has 5 heteroatoms. The molecule has 134 valence electrons. The van der Waals surface area contributed by atoms with E-state index in [0.29, 0.717) is 16.8 Å². The Balaban J connectivity index is 1.95. The zero-order valence-electron chi connectivity index (χ0n) is 14.4. The minimum absolute atomic E-state index is 0.249. The quantitative estimate of drug-likeness (QED) is 0.478. The smallest absolute Gasteiger partial charge is 0.352 e. The summed E-state index contributed by atoms with van der Waals surface area (Å²) in [6.45, 7) is 0. The van der Waals surface area contributed by atoms with E-state index in [4.69, 9.17) is 5.73 Å². The average molecular weight is 358 g/mol. The van der Waals surface area contributed by atoms with Gasteiger partial charge in [0.05, 0.1) is 0 Å². The SMILES string of the molecule is Nc1c(/C=C(\NC(=O)c2ccccc2)C(=O)O)cccc1-c1ccccc1. The van der Waals surface area contributed by atoms with Crippen molar-refractivity contribution in [2.24, 2.45) is 0 Å². The molecule has 5 nitrogen and oxygen atoms in total. The number of carbonyl (C=O) groups excluding carboxylic acids is 1. The number of carbonyl (C=O) groups is 2. The highest BCUT2D eigenvalue weighted by Gasteiger charge is 2.14. The Morgan fingerprint density at radius 2 is 1.48 bits per heavy atom. The summed E-state index contributed by atoms with van der Waals surface area (Å²) in [6, 6.07) is 23.3. The van der Waals surface area contributed by atoms with Crippen molar-refractivity contribution in [1.29, 1.82) is 0 Å². The van der Waals surface area contributed by atoms with Crippen LogP contribution in [0, 0.1) is 0 Å². The summed E-state index contributed by atoms with van der Waals surface area (Å²) in [5.41, 5.74) is 9.06. The van der Waals surface area contributed by atoms with Crippen LogP contribution >= 0.6 is 0 Å². The van der Waals surface area contributed by atoms with E-state index < -0.39 is 11.9 Å². The van der Waals surface area contributed by atoms with Crippen molar-refractivity contribution in [2.75, 3.05) is 5.73 Å². The molecule has 0 radical (unpaired) electrons. The highest BCUT2D eigenvalue weighted by Crippen LogP contribution is 2.29. The van der Waals surface area contributed by atoms with E-state index in [0.717, 1.165) is 11.1 Å². The maximum absolute atomic E-state index is 12.3. The van der Waals surface area contributed by atoms with Gasteiger partial charge in [0.1, 0.15) is 5.70 Å². The van der Waals surface area contributed by atoms with Crippen LogP contribution in [-0.2, 0) is 4.79 Å². The number of carboxylic acids is 1. The highest BCUT2D eigenvalue weighted by atomic mass is 16.4. The van der Waals surface area contributed by atoms with Crippen molar-refractivity contribution < 1.29 is 14.7 Å². The van der Waals surface area contributed by atoms with Gasteiger partial charge in [-0.2, -0.15) is 0 Å². The van der Waals surface area contributed by atoms with Crippen molar-refractivity contribution in [3.8, 4) is 11.1 Å². The number of benzene rings is 3. The van der Waals surface area contributed by atoms with Gasteiger partial charge < -0.3 is 16.2 Å². The number of carboxylic acid groups (broad SMARTS) is 1. The maximum atomic E-state index is 12.3. The number of amides is 1. The average Bonchev–Trinajstić information content (AvgIpc) is 2.70. The molecule has 0 aromatic heterocycles. The van der Waals surface area contributed by atoms with E-state index in [1.165, 1.54) is 6.08 Å². The molecule has 3 rings (SSSR count). The van der Waals surface area contributed by atoms with Crippen LogP contribution in [0.15, 0.2) is 84.6 Å². The number of nitrogen functional groups attached to an aromatic ring is 1. The van der Waals surface area contributed by atoms with E-state index in [2.05, 4.69) is 5.32 Å². The summed E-state index contributed by atoms with van der Waals surface area (Å²) in [7, 11) is 0. The Morgan fingerprint density at radius 1 is 0.852 bits per heavy atom. The molecule has 0 bridgehead atoms. The van der Waals surface area contributed by atoms with Crippen LogP contribution in [0.2, 0.25) is 0 Å². The zero-order chi connectivity index (χ0) is 19.2. The van der Waals surface area contributed by atoms with E-state index in [-0.39, 0.29) is 5.70 Å². The number of anilines is 1. The van der Waals surface area contributed by atoms with Gasteiger partial charge in [-0.15, -0.1) is 0 Å². The third-order valence-electron chi connectivity index (χ3n) is 4.04. The van der Waals surface area contributed by atoms with Gasteiger partial charge in [-0.3, -0.25) is 4.79 Å². The van der Waals surface area contributed by atoms with Crippen molar-refractivity contribution in [3.63, 3.8) is 0 Å². The molecule has 3 aromatic rings. The molecule has 0 unspecified atom stereocenters. The van der Waals surface area contributed by atoms with Crippen molar-refractivity contribution in [3.05, 3.63) is 95.7 Å². The first-order valence-corrected chi connectivity index (χ1v) is 8.31. The molecular weight excluding hydrogens is 340 g/mol. The number of nitrogens with two attached hydrogens (primary N) is 1. The monoisotopic (exact) mass is 358 g/mol. The maximum Gasteiger partial charge on any atom is 0.352 e. The summed E-state index contributed by atoms with van der Waals surface area (Å²) in [6.07, 6.45) is 1.37. The third-order valence-corrected chi connectivity index (χ3v) is 4.04. The molecule has 1 amide bonds. The van der Waals surface area contributed by atoms with Crippen molar-refractivity contribution in [2.45, 2.75) is 0 Å². The molecule has 0 saturated heterocycles. The third kappa shape index (κ3) is 4.22. The minimum Gasteiger partial charge on any atom is -0.477 e. The lowest BCUT2D eigenvalue weighted by molar-refractivity contribution is -0.132. The van der Waals surface area contributed by atoms with Crippen LogP contribution in [0.3, 0.4) is 0 Å². The summed E-state index contributed by atoms with van der Waals surface area (Å²) >= 11 is 0. The van der Waals surface area contributed by atoms with Gasteiger partial charge in [-0.25, -0.2) is 4.79 Å². The standard InChI is InChI=1S/C22H18N2O3/c23-20-17(12-7-13-18(20)15-8-3-1-4-9-15)14-19(22(26)27)24-21(25)16-10-5-2-6-11-16/h1-14H,23H2,(H,24,25)(H,26,27)/b19-14-. The van der Waals surface area contributed by atoms with Gasteiger partial charge >= 0.3 is 5.97 Å². The summed E-state index contributed by atoms with van der Waals surface area (Å²) in [5, 5.41) is 11.9. The molecule has 0 aliphatic heterocycles. The first-order valence-electron chi connectivity index (χ1n) is 8.31. The molecule has 4 N–H and O–H groups in total. The largest absolute Gasteiger partial charge is 0.477 e. The molecule has 27 heavy (non-hydrogen) atoms. The molecular formula is C22H18N2O3. The fraction of sp³-hybridized carbons (Fsp3) is 0. The molecule has 0 atom stereocenters. The van der Waals surface area contributed by atoms with Crippen molar-refractivity contribution in [1.82, 2.24) is 5.32 Å². The van der Waals surface area contributed by atoms with Gasteiger partial charge in [-0.1, -0.05) is 66.7 Å². The Kier molecular flexibility index (Phi) is 5.33. The molecule has 0 fully saturated rings. The fourth-order valence-corrected chi connectivity index (χ4v) is 2.67. The number of rotatable bonds is 5. The molecule has 0 spiro atoms. The minimum atomic E-state index is -1.25. The van der Waals surface area contributed by atoms with E-state index in [1.54, 1.807) is 42.5 Å². The first kappa shape index (κ1) is 17.9. The zero-order valence-corrected chi connectivity index (χ0v) is 14.4.